The second-order valence-corrected chi connectivity index (χ2v) is 3.94. The molecule has 0 unspecified atom stereocenters. The molecule has 2 rings (SSSR count). The van der Waals surface area contributed by atoms with E-state index in [0.29, 0.717) is 0 Å². The SMILES string of the molecule is Cc1cc(C)nc(Cc2ccccc2)c1. The van der Waals surface area contributed by atoms with Gasteiger partial charge in [0.05, 0.1) is 0 Å². The molecule has 1 nitrogen and oxygen atoms in total. The highest BCUT2D eigenvalue weighted by Gasteiger charge is 1.99. The Balaban J connectivity index is 2.25. The lowest BCUT2D eigenvalue weighted by atomic mass is 10.1. The van der Waals surface area contributed by atoms with Crippen LogP contribution in [0.25, 0.3) is 0 Å². The van der Waals surface area contributed by atoms with E-state index in [1.807, 2.05) is 13.0 Å². The second kappa shape index (κ2) is 4.26. The summed E-state index contributed by atoms with van der Waals surface area (Å²) in [5.41, 5.74) is 4.85. The molecule has 1 heterocycles. The van der Waals surface area contributed by atoms with Crippen molar-refractivity contribution < 1.29 is 0 Å². The minimum atomic E-state index is 0.920. The molecule has 0 atom stereocenters. The van der Waals surface area contributed by atoms with Gasteiger partial charge in [-0.05, 0) is 37.1 Å². The Hall–Kier alpha value is -1.63. The van der Waals surface area contributed by atoms with Crippen LogP contribution in [0.4, 0.5) is 0 Å². The lowest BCUT2D eigenvalue weighted by Gasteiger charge is -2.04. The van der Waals surface area contributed by atoms with Crippen LogP contribution in [-0.2, 0) is 6.42 Å². The summed E-state index contributed by atoms with van der Waals surface area (Å²) in [5.74, 6) is 0. The number of aryl methyl sites for hydroxylation is 2. The van der Waals surface area contributed by atoms with Gasteiger partial charge < -0.3 is 0 Å². The van der Waals surface area contributed by atoms with Crippen molar-refractivity contribution in [1.29, 1.82) is 0 Å². The van der Waals surface area contributed by atoms with Gasteiger partial charge in [-0.2, -0.15) is 0 Å². The molecule has 2 aromatic rings. The Morgan fingerprint density at radius 2 is 1.73 bits per heavy atom. The Morgan fingerprint density at radius 3 is 2.40 bits per heavy atom. The van der Waals surface area contributed by atoms with Gasteiger partial charge in [0, 0.05) is 17.8 Å². The van der Waals surface area contributed by atoms with Gasteiger partial charge in [0.1, 0.15) is 0 Å². The molecule has 0 bridgehead atoms. The molecule has 0 N–H and O–H groups in total. The van der Waals surface area contributed by atoms with E-state index < -0.39 is 0 Å². The topological polar surface area (TPSA) is 12.9 Å². The van der Waals surface area contributed by atoms with Crippen molar-refractivity contribution >= 4 is 0 Å². The first-order valence-electron chi connectivity index (χ1n) is 5.22. The molecule has 15 heavy (non-hydrogen) atoms. The molecule has 0 saturated carbocycles. The maximum atomic E-state index is 4.53. The first kappa shape index (κ1) is 9.91. The molecule has 0 fully saturated rings. The molecular weight excluding hydrogens is 182 g/mol. The summed E-state index contributed by atoms with van der Waals surface area (Å²) < 4.78 is 0. The molecule has 0 aliphatic rings. The van der Waals surface area contributed by atoms with Crippen LogP contribution < -0.4 is 0 Å². The van der Waals surface area contributed by atoms with E-state index in [0.717, 1.165) is 17.8 Å². The van der Waals surface area contributed by atoms with E-state index in [2.05, 4.69) is 48.3 Å². The van der Waals surface area contributed by atoms with Crippen LogP contribution in [0.2, 0.25) is 0 Å². The standard InChI is InChI=1S/C14H15N/c1-11-8-12(2)15-14(9-11)10-13-6-4-3-5-7-13/h3-9H,10H2,1-2H3. The van der Waals surface area contributed by atoms with Crippen molar-refractivity contribution in [2.75, 3.05) is 0 Å². The molecular formula is C14H15N. The minimum absolute atomic E-state index is 0.920. The number of rotatable bonds is 2. The predicted molar refractivity (Wildman–Crippen MR) is 63.0 cm³/mol. The Labute approximate surface area is 90.8 Å². The monoisotopic (exact) mass is 197 g/mol. The van der Waals surface area contributed by atoms with Gasteiger partial charge in [0.2, 0.25) is 0 Å². The maximum Gasteiger partial charge on any atom is 0.0453 e. The van der Waals surface area contributed by atoms with Crippen LogP contribution in [0, 0.1) is 13.8 Å². The third kappa shape index (κ3) is 2.66. The first-order valence-corrected chi connectivity index (χ1v) is 5.22. The fourth-order valence-corrected chi connectivity index (χ4v) is 1.82. The number of hydrogen-bond donors (Lipinski definition) is 0. The smallest absolute Gasteiger partial charge is 0.0453 e. The second-order valence-electron chi connectivity index (χ2n) is 3.94. The summed E-state index contributed by atoms with van der Waals surface area (Å²) in [6, 6.07) is 14.7. The third-order valence-electron chi connectivity index (χ3n) is 2.38. The van der Waals surface area contributed by atoms with E-state index in [1.165, 1.54) is 11.1 Å². The van der Waals surface area contributed by atoms with Crippen molar-refractivity contribution in [3.63, 3.8) is 0 Å². The Morgan fingerprint density at radius 1 is 1.00 bits per heavy atom. The molecule has 76 valence electrons. The molecule has 1 heteroatoms. The van der Waals surface area contributed by atoms with Gasteiger partial charge in [-0.15, -0.1) is 0 Å². The largest absolute Gasteiger partial charge is 0.258 e. The van der Waals surface area contributed by atoms with Crippen molar-refractivity contribution in [3.05, 3.63) is 65.0 Å². The zero-order valence-electron chi connectivity index (χ0n) is 9.20. The van der Waals surface area contributed by atoms with Crippen molar-refractivity contribution in [2.24, 2.45) is 0 Å². The average Bonchev–Trinajstić information content (AvgIpc) is 2.17. The van der Waals surface area contributed by atoms with Crippen LogP contribution in [0.1, 0.15) is 22.5 Å². The predicted octanol–water partition coefficient (Wildman–Crippen LogP) is 3.29. The molecule has 0 amide bonds. The van der Waals surface area contributed by atoms with Crippen LogP contribution in [0.15, 0.2) is 42.5 Å². The van der Waals surface area contributed by atoms with Gasteiger partial charge in [0.15, 0.2) is 0 Å². The fraction of sp³-hybridized carbons (Fsp3) is 0.214. The molecule has 0 spiro atoms. The van der Waals surface area contributed by atoms with Crippen LogP contribution in [0.5, 0.6) is 0 Å². The van der Waals surface area contributed by atoms with Crippen LogP contribution >= 0.6 is 0 Å². The van der Waals surface area contributed by atoms with E-state index >= 15 is 0 Å². The van der Waals surface area contributed by atoms with E-state index in [1.54, 1.807) is 0 Å². The average molecular weight is 197 g/mol. The summed E-state index contributed by atoms with van der Waals surface area (Å²) in [6.45, 7) is 4.16. The van der Waals surface area contributed by atoms with Crippen LogP contribution in [-0.4, -0.2) is 4.98 Å². The molecule has 0 aliphatic heterocycles. The fourth-order valence-electron chi connectivity index (χ4n) is 1.82. The number of nitrogens with zero attached hydrogens (tertiary/aromatic N) is 1. The Bertz CT molecular complexity index is 426. The minimum Gasteiger partial charge on any atom is -0.258 e. The van der Waals surface area contributed by atoms with Crippen molar-refractivity contribution in [3.8, 4) is 0 Å². The number of hydrogen-bond acceptors (Lipinski definition) is 1. The highest BCUT2D eigenvalue weighted by Crippen LogP contribution is 2.10. The number of pyridine rings is 1. The highest BCUT2D eigenvalue weighted by atomic mass is 14.7. The lowest BCUT2D eigenvalue weighted by molar-refractivity contribution is 1.03. The summed E-state index contributed by atoms with van der Waals surface area (Å²) in [7, 11) is 0. The van der Waals surface area contributed by atoms with E-state index in [4.69, 9.17) is 0 Å². The van der Waals surface area contributed by atoms with E-state index in [9.17, 15) is 0 Å². The summed E-state index contributed by atoms with van der Waals surface area (Å²) in [5, 5.41) is 0. The van der Waals surface area contributed by atoms with Gasteiger partial charge in [-0.25, -0.2) is 0 Å². The molecule has 1 aromatic carbocycles. The van der Waals surface area contributed by atoms with E-state index in [-0.39, 0.29) is 0 Å². The summed E-state index contributed by atoms with van der Waals surface area (Å²) in [4.78, 5) is 4.53. The number of aromatic nitrogens is 1. The van der Waals surface area contributed by atoms with Crippen molar-refractivity contribution in [2.45, 2.75) is 20.3 Å². The molecule has 0 radical (unpaired) electrons. The third-order valence-corrected chi connectivity index (χ3v) is 2.38. The molecule has 0 aliphatic carbocycles. The lowest BCUT2D eigenvalue weighted by Crippen LogP contribution is -1.95. The number of benzene rings is 1. The molecule has 0 saturated heterocycles. The summed E-state index contributed by atoms with van der Waals surface area (Å²) >= 11 is 0. The maximum absolute atomic E-state index is 4.53. The van der Waals surface area contributed by atoms with Crippen molar-refractivity contribution in [1.82, 2.24) is 4.98 Å². The van der Waals surface area contributed by atoms with Crippen LogP contribution in [0.3, 0.4) is 0 Å². The van der Waals surface area contributed by atoms with Gasteiger partial charge >= 0.3 is 0 Å². The highest BCUT2D eigenvalue weighted by molar-refractivity contribution is 5.25. The Kier molecular flexibility index (Phi) is 2.82. The van der Waals surface area contributed by atoms with Gasteiger partial charge in [0.25, 0.3) is 0 Å². The van der Waals surface area contributed by atoms with Gasteiger partial charge in [-0.3, -0.25) is 4.98 Å². The van der Waals surface area contributed by atoms with Gasteiger partial charge in [-0.1, -0.05) is 30.3 Å². The zero-order chi connectivity index (χ0) is 10.7. The zero-order valence-corrected chi connectivity index (χ0v) is 9.20. The molecule has 1 aromatic heterocycles. The summed E-state index contributed by atoms with van der Waals surface area (Å²) in [6.07, 6.45) is 0.920. The first-order chi connectivity index (χ1) is 7.24. The quantitative estimate of drug-likeness (QED) is 0.720. The normalized spacial score (nSPS) is 10.3.